The molecule has 6 nitrogen and oxygen atoms in total. The van der Waals surface area contributed by atoms with Gasteiger partial charge in [-0.2, -0.15) is 4.80 Å². The van der Waals surface area contributed by atoms with E-state index in [1.807, 2.05) is 6.07 Å². The van der Waals surface area contributed by atoms with Gasteiger partial charge in [0.05, 0.1) is 7.05 Å². The first kappa shape index (κ1) is 14.4. The van der Waals surface area contributed by atoms with Crippen molar-refractivity contribution in [3.8, 4) is 5.75 Å². The minimum absolute atomic E-state index is 0.0928. The molecule has 2 aromatic rings. The SMILES string of the molecule is CCCNCc1cccc(F)c1OCc1nnn(C)n1. The number of rotatable bonds is 7. The lowest BCUT2D eigenvalue weighted by Crippen LogP contribution is -2.15. The second-order valence-electron chi connectivity index (χ2n) is 4.39. The maximum Gasteiger partial charge on any atom is 0.212 e. The standard InChI is InChI=1S/C13H18FN5O/c1-3-7-15-8-10-5-4-6-11(14)13(10)20-9-12-16-18-19(2)17-12/h4-6,15H,3,7-9H2,1-2H3. The van der Waals surface area contributed by atoms with Gasteiger partial charge in [0.1, 0.15) is 0 Å². The highest BCUT2D eigenvalue weighted by atomic mass is 19.1. The minimum atomic E-state index is -0.385. The van der Waals surface area contributed by atoms with Gasteiger partial charge in [0, 0.05) is 12.1 Å². The third-order valence-corrected chi connectivity index (χ3v) is 2.69. The number of nitrogens with zero attached hydrogens (tertiary/aromatic N) is 4. The summed E-state index contributed by atoms with van der Waals surface area (Å²) < 4.78 is 19.4. The zero-order chi connectivity index (χ0) is 14.4. The van der Waals surface area contributed by atoms with Crippen molar-refractivity contribution >= 4 is 0 Å². The number of benzene rings is 1. The van der Waals surface area contributed by atoms with Crippen molar-refractivity contribution in [1.82, 2.24) is 25.5 Å². The van der Waals surface area contributed by atoms with E-state index in [0.717, 1.165) is 18.5 Å². The Morgan fingerprint density at radius 1 is 1.40 bits per heavy atom. The van der Waals surface area contributed by atoms with Crippen molar-refractivity contribution < 1.29 is 9.13 Å². The topological polar surface area (TPSA) is 64.9 Å². The van der Waals surface area contributed by atoms with Gasteiger partial charge in [-0.25, -0.2) is 4.39 Å². The average Bonchev–Trinajstić information content (AvgIpc) is 2.84. The van der Waals surface area contributed by atoms with Crippen LogP contribution in [0.1, 0.15) is 24.7 Å². The lowest BCUT2D eigenvalue weighted by Gasteiger charge is -2.11. The fourth-order valence-corrected chi connectivity index (χ4v) is 1.77. The molecule has 1 aromatic heterocycles. The highest BCUT2D eigenvalue weighted by Gasteiger charge is 2.11. The Morgan fingerprint density at radius 3 is 2.95 bits per heavy atom. The van der Waals surface area contributed by atoms with Crippen LogP contribution in [0.25, 0.3) is 0 Å². The third-order valence-electron chi connectivity index (χ3n) is 2.69. The first-order valence-electron chi connectivity index (χ1n) is 6.54. The second-order valence-corrected chi connectivity index (χ2v) is 4.39. The zero-order valence-corrected chi connectivity index (χ0v) is 11.6. The van der Waals surface area contributed by atoms with Gasteiger partial charge >= 0.3 is 0 Å². The Balaban J connectivity index is 2.04. The summed E-state index contributed by atoms with van der Waals surface area (Å²) >= 11 is 0. The first-order chi connectivity index (χ1) is 9.70. The predicted molar refractivity (Wildman–Crippen MR) is 71.5 cm³/mol. The summed E-state index contributed by atoms with van der Waals surface area (Å²) in [5.74, 6) is 0.275. The van der Waals surface area contributed by atoms with Gasteiger partial charge in [0.2, 0.25) is 5.82 Å². The molecule has 1 N–H and O–H groups in total. The molecule has 108 valence electrons. The molecule has 0 amide bonds. The molecule has 0 bridgehead atoms. The molecule has 0 unspecified atom stereocenters. The molecule has 0 saturated carbocycles. The molecule has 0 atom stereocenters. The monoisotopic (exact) mass is 279 g/mol. The van der Waals surface area contributed by atoms with Crippen LogP contribution in [0.4, 0.5) is 4.39 Å². The van der Waals surface area contributed by atoms with E-state index in [-0.39, 0.29) is 18.2 Å². The van der Waals surface area contributed by atoms with Crippen LogP contribution >= 0.6 is 0 Å². The highest BCUT2D eigenvalue weighted by Crippen LogP contribution is 2.23. The quantitative estimate of drug-likeness (QED) is 0.777. The smallest absolute Gasteiger partial charge is 0.212 e. The van der Waals surface area contributed by atoms with E-state index in [0.29, 0.717) is 12.4 Å². The van der Waals surface area contributed by atoms with E-state index in [4.69, 9.17) is 4.74 Å². The molecule has 1 aromatic carbocycles. The van der Waals surface area contributed by atoms with Gasteiger partial charge in [-0.1, -0.05) is 19.1 Å². The van der Waals surface area contributed by atoms with Crippen LogP contribution in [-0.4, -0.2) is 26.8 Å². The number of aromatic nitrogens is 4. The van der Waals surface area contributed by atoms with Crippen molar-refractivity contribution in [2.45, 2.75) is 26.5 Å². The van der Waals surface area contributed by atoms with Crippen molar-refractivity contribution in [3.05, 3.63) is 35.4 Å². The van der Waals surface area contributed by atoms with Crippen molar-refractivity contribution in [2.24, 2.45) is 7.05 Å². The van der Waals surface area contributed by atoms with Crippen LogP contribution in [-0.2, 0) is 20.2 Å². The van der Waals surface area contributed by atoms with E-state index in [1.165, 1.54) is 10.9 Å². The van der Waals surface area contributed by atoms with Crippen molar-refractivity contribution in [2.75, 3.05) is 6.54 Å². The number of hydrogen-bond acceptors (Lipinski definition) is 5. The molecule has 2 rings (SSSR count). The maximum atomic E-state index is 13.9. The zero-order valence-electron chi connectivity index (χ0n) is 11.6. The fraction of sp³-hybridized carbons (Fsp3) is 0.462. The van der Waals surface area contributed by atoms with Crippen LogP contribution in [0, 0.1) is 5.82 Å². The Hall–Kier alpha value is -2.02. The van der Waals surface area contributed by atoms with Gasteiger partial charge in [0.15, 0.2) is 18.2 Å². The molecule has 0 aliphatic heterocycles. The average molecular weight is 279 g/mol. The number of nitrogens with one attached hydrogen (secondary N) is 1. The van der Waals surface area contributed by atoms with Crippen molar-refractivity contribution in [3.63, 3.8) is 0 Å². The lowest BCUT2D eigenvalue weighted by atomic mass is 10.2. The molecule has 0 aliphatic rings. The Morgan fingerprint density at radius 2 is 2.25 bits per heavy atom. The normalized spacial score (nSPS) is 10.8. The molecule has 20 heavy (non-hydrogen) atoms. The number of para-hydroxylation sites is 1. The van der Waals surface area contributed by atoms with E-state index in [1.54, 1.807) is 13.1 Å². The molecule has 0 saturated heterocycles. The highest BCUT2D eigenvalue weighted by molar-refractivity contribution is 5.34. The van der Waals surface area contributed by atoms with Gasteiger partial charge in [-0.3, -0.25) is 0 Å². The maximum absolute atomic E-state index is 13.9. The van der Waals surface area contributed by atoms with Gasteiger partial charge in [0.25, 0.3) is 0 Å². The summed E-state index contributed by atoms with van der Waals surface area (Å²) in [5.41, 5.74) is 0.780. The summed E-state index contributed by atoms with van der Waals surface area (Å²) in [7, 11) is 1.67. The Kier molecular flexibility index (Phi) is 5.00. The molecule has 0 spiro atoms. The van der Waals surface area contributed by atoms with Crippen molar-refractivity contribution in [1.29, 1.82) is 0 Å². The number of halogens is 1. The predicted octanol–water partition coefficient (Wildman–Crippen LogP) is 1.43. The Bertz CT molecular complexity index is 557. The molecule has 1 heterocycles. The molecular formula is C13H18FN5O. The lowest BCUT2D eigenvalue weighted by molar-refractivity contribution is 0.276. The fourth-order valence-electron chi connectivity index (χ4n) is 1.77. The van der Waals surface area contributed by atoms with Gasteiger partial charge in [-0.15, -0.1) is 10.2 Å². The van der Waals surface area contributed by atoms with Crippen LogP contribution in [0.3, 0.4) is 0 Å². The molecule has 0 aliphatic carbocycles. The summed E-state index contributed by atoms with van der Waals surface area (Å²) in [6.45, 7) is 3.61. The van der Waals surface area contributed by atoms with Crippen LogP contribution in [0.5, 0.6) is 5.75 Å². The second kappa shape index (κ2) is 6.95. The van der Waals surface area contributed by atoms with E-state index >= 15 is 0 Å². The van der Waals surface area contributed by atoms with Crippen LogP contribution in [0.2, 0.25) is 0 Å². The summed E-state index contributed by atoms with van der Waals surface area (Å²) in [5, 5.41) is 14.7. The number of tetrazole rings is 1. The summed E-state index contributed by atoms with van der Waals surface area (Å²) in [6.07, 6.45) is 1.02. The number of hydrogen-bond donors (Lipinski definition) is 1. The first-order valence-corrected chi connectivity index (χ1v) is 6.54. The largest absolute Gasteiger partial charge is 0.482 e. The number of aryl methyl sites for hydroxylation is 1. The minimum Gasteiger partial charge on any atom is -0.482 e. The molecule has 7 heteroatoms. The summed E-state index contributed by atoms with van der Waals surface area (Å²) in [4.78, 5) is 1.34. The Labute approximate surface area is 116 Å². The van der Waals surface area contributed by atoms with Gasteiger partial charge in [-0.05, 0) is 24.2 Å². The molecule has 0 radical (unpaired) electrons. The summed E-state index contributed by atoms with van der Waals surface area (Å²) in [6, 6.07) is 4.89. The van der Waals surface area contributed by atoms with Gasteiger partial charge < -0.3 is 10.1 Å². The third kappa shape index (κ3) is 3.74. The van der Waals surface area contributed by atoms with Crippen LogP contribution in [0.15, 0.2) is 18.2 Å². The molecular weight excluding hydrogens is 261 g/mol. The van der Waals surface area contributed by atoms with E-state index < -0.39 is 0 Å². The molecule has 0 fully saturated rings. The number of ether oxygens (including phenoxy) is 1. The van der Waals surface area contributed by atoms with Crippen LogP contribution < -0.4 is 10.1 Å². The van der Waals surface area contributed by atoms with E-state index in [2.05, 4.69) is 27.7 Å². The van der Waals surface area contributed by atoms with E-state index in [9.17, 15) is 4.39 Å².